The average Bonchev–Trinajstić information content (AvgIpc) is 2.87. The summed E-state index contributed by atoms with van der Waals surface area (Å²) in [7, 11) is 0. The molecule has 9 heteroatoms. The fourth-order valence-electron chi connectivity index (χ4n) is 1.76. The minimum atomic E-state index is -0.453. The first-order chi connectivity index (χ1) is 10.2. The van der Waals surface area contributed by atoms with Gasteiger partial charge >= 0.3 is 0 Å². The Morgan fingerprint density at radius 2 is 2.24 bits per heavy atom. The number of fused-ring (bicyclic) bond motifs is 1. The largest absolute Gasteiger partial charge is 0.394 e. The summed E-state index contributed by atoms with van der Waals surface area (Å²) in [5.74, 6) is -0.258. The van der Waals surface area contributed by atoms with Crippen LogP contribution in [-0.2, 0) is 16.3 Å². The lowest BCUT2D eigenvalue weighted by atomic mass is 10.3. The number of ether oxygens (including phenoxy) is 1. The van der Waals surface area contributed by atoms with Crippen LogP contribution in [0.1, 0.15) is 19.8 Å². The fraction of sp³-hybridized carbons (Fsp3) is 0.500. The average molecular weight is 295 g/mol. The number of rotatable bonds is 7. The van der Waals surface area contributed by atoms with Crippen molar-refractivity contribution in [2.24, 2.45) is 0 Å². The number of amides is 1. The molecule has 0 aliphatic rings. The summed E-state index contributed by atoms with van der Waals surface area (Å²) in [6.07, 6.45) is 3.68. The molecule has 21 heavy (non-hydrogen) atoms. The van der Waals surface area contributed by atoms with E-state index in [9.17, 15) is 9.59 Å². The lowest BCUT2D eigenvalue weighted by molar-refractivity contribution is -0.117. The molecule has 0 atom stereocenters. The van der Waals surface area contributed by atoms with Crippen LogP contribution in [-0.4, -0.2) is 43.4 Å². The first kappa shape index (κ1) is 15.1. The topological polar surface area (TPSA) is 111 Å². The molecule has 0 unspecified atom stereocenters. The van der Waals surface area contributed by atoms with Gasteiger partial charge in [-0.1, -0.05) is 6.92 Å². The summed E-state index contributed by atoms with van der Waals surface area (Å²) >= 11 is 0. The molecule has 114 valence electrons. The van der Waals surface area contributed by atoms with Gasteiger partial charge in [-0.05, 0) is 6.42 Å². The number of aromatic nitrogens is 4. The van der Waals surface area contributed by atoms with Gasteiger partial charge < -0.3 is 9.84 Å². The summed E-state index contributed by atoms with van der Waals surface area (Å²) in [4.78, 5) is 31.8. The highest BCUT2D eigenvalue weighted by molar-refractivity contribution is 5.83. The molecule has 2 aromatic rings. The molecule has 0 bridgehead atoms. The number of aliphatic hydroxyl groups is 1. The lowest BCUT2D eigenvalue weighted by Crippen LogP contribution is -2.33. The Hall–Kier alpha value is -2.26. The summed E-state index contributed by atoms with van der Waals surface area (Å²) < 4.78 is 7.72. The quantitative estimate of drug-likeness (QED) is 0.662. The number of nitrogens with one attached hydrogen (secondary N) is 1. The van der Waals surface area contributed by atoms with Crippen molar-refractivity contribution in [2.75, 3.05) is 18.6 Å². The van der Waals surface area contributed by atoms with Gasteiger partial charge in [-0.25, -0.2) is 14.6 Å². The van der Waals surface area contributed by atoms with Gasteiger partial charge in [0.1, 0.15) is 13.1 Å². The highest BCUT2D eigenvalue weighted by Gasteiger charge is 2.11. The normalized spacial score (nSPS) is 11.0. The van der Waals surface area contributed by atoms with Crippen molar-refractivity contribution in [3.05, 3.63) is 23.0 Å². The molecule has 2 aromatic heterocycles. The molecule has 2 heterocycles. The monoisotopic (exact) mass is 295 g/mol. The molecule has 0 spiro atoms. The van der Waals surface area contributed by atoms with Crippen LogP contribution in [0, 0.1) is 0 Å². The lowest BCUT2D eigenvalue weighted by Gasteiger charge is -2.07. The Bertz CT molecular complexity index is 678. The third kappa shape index (κ3) is 3.44. The first-order valence-electron chi connectivity index (χ1n) is 6.58. The standard InChI is InChI=1S/C12H17N5O4/c1-2-3-9(19)15-17-7-14-11-10(12(17)20)13-6-16(11)8-21-5-4-18/h6-7,18H,2-5,8H2,1H3,(H,15,19). The van der Waals surface area contributed by atoms with Crippen LogP contribution in [0.15, 0.2) is 17.4 Å². The Morgan fingerprint density at radius 3 is 2.95 bits per heavy atom. The van der Waals surface area contributed by atoms with Gasteiger partial charge in [0, 0.05) is 6.42 Å². The van der Waals surface area contributed by atoms with Gasteiger partial charge in [0.15, 0.2) is 11.2 Å². The molecular weight excluding hydrogens is 278 g/mol. The predicted molar refractivity (Wildman–Crippen MR) is 74.1 cm³/mol. The van der Waals surface area contributed by atoms with Gasteiger partial charge in [0.05, 0.1) is 19.5 Å². The van der Waals surface area contributed by atoms with Crippen molar-refractivity contribution in [3.8, 4) is 0 Å². The van der Waals surface area contributed by atoms with Crippen molar-refractivity contribution in [2.45, 2.75) is 26.5 Å². The van der Waals surface area contributed by atoms with Gasteiger partial charge in [-0.15, -0.1) is 0 Å². The van der Waals surface area contributed by atoms with Crippen LogP contribution in [0.25, 0.3) is 11.2 Å². The van der Waals surface area contributed by atoms with E-state index in [1.165, 1.54) is 12.7 Å². The SMILES string of the molecule is CCCC(=O)Nn1cnc2c(ncn2COCCO)c1=O. The molecule has 1 amide bonds. The van der Waals surface area contributed by atoms with Crippen molar-refractivity contribution in [1.29, 1.82) is 0 Å². The minimum Gasteiger partial charge on any atom is -0.394 e. The van der Waals surface area contributed by atoms with E-state index < -0.39 is 5.56 Å². The van der Waals surface area contributed by atoms with Crippen LogP contribution in [0.2, 0.25) is 0 Å². The molecule has 9 nitrogen and oxygen atoms in total. The van der Waals surface area contributed by atoms with Gasteiger partial charge in [-0.3, -0.25) is 19.6 Å². The molecule has 2 N–H and O–H groups in total. The van der Waals surface area contributed by atoms with E-state index in [4.69, 9.17) is 9.84 Å². The van der Waals surface area contributed by atoms with E-state index in [0.29, 0.717) is 18.5 Å². The van der Waals surface area contributed by atoms with Crippen LogP contribution < -0.4 is 11.0 Å². The molecule has 0 radical (unpaired) electrons. The molecular formula is C12H17N5O4. The number of carbonyl (C=O) groups is 1. The van der Waals surface area contributed by atoms with Gasteiger partial charge in [-0.2, -0.15) is 0 Å². The van der Waals surface area contributed by atoms with Crippen molar-refractivity contribution < 1.29 is 14.6 Å². The van der Waals surface area contributed by atoms with Crippen molar-refractivity contribution in [1.82, 2.24) is 19.2 Å². The first-order valence-corrected chi connectivity index (χ1v) is 6.58. The Kier molecular flexibility index (Phi) is 5.01. The van der Waals surface area contributed by atoms with E-state index in [1.807, 2.05) is 6.92 Å². The van der Waals surface area contributed by atoms with Crippen LogP contribution in [0.4, 0.5) is 0 Å². The van der Waals surface area contributed by atoms with E-state index in [0.717, 1.165) is 4.68 Å². The number of nitrogens with zero attached hydrogens (tertiary/aromatic N) is 4. The third-order valence-electron chi connectivity index (χ3n) is 2.72. The van der Waals surface area contributed by atoms with Crippen LogP contribution in [0.5, 0.6) is 0 Å². The summed E-state index contributed by atoms with van der Waals surface area (Å²) in [6.45, 7) is 2.10. The van der Waals surface area contributed by atoms with Crippen LogP contribution >= 0.6 is 0 Å². The zero-order valence-electron chi connectivity index (χ0n) is 11.7. The zero-order valence-corrected chi connectivity index (χ0v) is 11.7. The maximum Gasteiger partial charge on any atom is 0.300 e. The Morgan fingerprint density at radius 1 is 1.43 bits per heavy atom. The Labute approximate surface area is 120 Å². The number of carbonyl (C=O) groups excluding carboxylic acids is 1. The zero-order chi connectivity index (χ0) is 15.2. The summed E-state index contributed by atoms with van der Waals surface area (Å²) in [5, 5.41) is 8.66. The van der Waals surface area contributed by atoms with E-state index in [1.54, 1.807) is 4.57 Å². The number of imidazole rings is 1. The highest BCUT2D eigenvalue weighted by atomic mass is 16.5. The second-order valence-corrected chi connectivity index (χ2v) is 4.35. The minimum absolute atomic E-state index is 0.0870. The van der Waals surface area contributed by atoms with Gasteiger partial charge in [0.25, 0.3) is 5.56 Å². The highest BCUT2D eigenvalue weighted by Crippen LogP contribution is 2.04. The second kappa shape index (κ2) is 6.95. The molecule has 2 rings (SSSR count). The number of aliphatic hydroxyl groups excluding tert-OH is 1. The number of hydrogen-bond acceptors (Lipinski definition) is 6. The van der Waals surface area contributed by atoms with Crippen LogP contribution in [0.3, 0.4) is 0 Å². The maximum absolute atomic E-state index is 12.2. The summed E-state index contributed by atoms with van der Waals surface area (Å²) in [6, 6.07) is 0. The molecule has 0 aliphatic carbocycles. The van der Waals surface area contributed by atoms with E-state index in [2.05, 4.69) is 15.4 Å². The molecule has 0 aromatic carbocycles. The third-order valence-corrected chi connectivity index (χ3v) is 2.72. The molecule has 0 aliphatic heterocycles. The van der Waals surface area contributed by atoms with E-state index in [-0.39, 0.29) is 31.4 Å². The van der Waals surface area contributed by atoms with Gasteiger partial charge in [0.2, 0.25) is 5.91 Å². The predicted octanol–water partition coefficient (Wildman–Crippen LogP) is -0.570. The smallest absolute Gasteiger partial charge is 0.300 e. The second-order valence-electron chi connectivity index (χ2n) is 4.35. The maximum atomic E-state index is 12.2. The fourth-order valence-corrected chi connectivity index (χ4v) is 1.76. The van der Waals surface area contributed by atoms with Crippen molar-refractivity contribution in [3.63, 3.8) is 0 Å². The summed E-state index contributed by atoms with van der Waals surface area (Å²) in [5.41, 5.74) is 2.50. The Balaban J connectivity index is 2.23. The molecule has 0 saturated carbocycles. The van der Waals surface area contributed by atoms with Crippen molar-refractivity contribution >= 4 is 17.1 Å². The molecule has 0 fully saturated rings. The molecule has 0 saturated heterocycles. The number of hydrogen-bond donors (Lipinski definition) is 2. The van der Waals surface area contributed by atoms with E-state index >= 15 is 0 Å².